The molecule has 7 heteroatoms. The predicted octanol–water partition coefficient (Wildman–Crippen LogP) is 5.64. The van der Waals surface area contributed by atoms with Crippen molar-refractivity contribution < 1.29 is 0 Å². The molecule has 7 nitrogen and oxygen atoms in total. The Morgan fingerprint density at radius 3 is 2.71 bits per heavy atom. The van der Waals surface area contributed by atoms with Gasteiger partial charge in [-0.15, -0.1) is 0 Å². The Morgan fingerprint density at radius 1 is 1.14 bits per heavy atom. The van der Waals surface area contributed by atoms with Gasteiger partial charge in [-0.05, 0) is 42.2 Å². The molecule has 176 valence electrons. The van der Waals surface area contributed by atoms with Gasteiger partial charge >= 0.3 is 0 Å². The maximum absolute atomic E-state index is 13.9. The van der Waals surface area contributed by atoms with Crippen molar-refractivity contribution in [3.63, 3.8) is 0 Å². The van der Waals surface area contributed by atoms with E-state index in [4.69, 9.17) is 4.98 Å². The lowest BCUT2D eigenvalue weighted by atomic mass is 10.0. The second-order valence-corrected chi connectivity index (χ2v) is 8.52. The molecule has 2 N–H and O–H groups in total. The molecule has 3 heterocycles. The third kappa shape index (κ3) is 4.10. The van der Waals surface area contributed by atoms with E-state index in [1.807, 2.05) is 54.7 Å². The van der Waals surface area contributed by atoms with E-state index in [0.29, 0.717) is 23.1 Å². The summed E-state index contributed by atoms with van der Waals surface area (Å²) < 4.78 is 1.71. The third-order valence-electron chi connectivity index (χ3n) is 6.44. The summed E-state index contributed by atoms with van der Waals surface area (Å²) in [5.74, 6) is 2.19. The van der Waals surface area contributed by atoms with Gasteiger partial charge in [-0.3, -0.25) is 9.36 Å². The number of anilines is 2. The first-order chi connectivity index (χ1) is 17.1. The van der Waals surface area contributed by atoms with E-state index in [-0.39, 0.29) is 11.6 Å². The summed E-state index contributed by atoms with van der Waals surface area (Å²) in [4.78, 5) is 27.9. The highest BCUT2D eigenvalue weighted by Gasteiger charge is 2.24. The number of nitrogens with one attached hydrogen (secondary N) is 2. The fraction of sp³-hybridized carbons (Fsp3) is 0.214. The highest BCUT2D eigenvalue weighted by molar-refractivity contribution is 5.87. The molecule has 35 heavy (non-hydrogen) atoms. The van der Waals surface area contributed by atoms with Crippen molar-refractivity contribution in [3.05, 3.63) is 101 Å². The summed E-state index contributed by atoms with van der Waals surface area (Å²) in [6, 6.07) is 15.1. The normalized spacial score (nSPS) is 13.5. The largest absolute Gasteiger partial charge is 0.360 e. The molecule has 1 aliphatic rings. The summed E-state index contributed by atoms with van der Waals surface area (Å²) in [5, 5.41) is 7.43. The minimum atomic E-state index is -0.255. The van der Waals surface area contributed by atoms with E-state index < -0.39 is 0 Å². The van der Waals surface area contributed by atoms with Crippen molar-refractivity contribution >= 4 is 28.6 Å². The Balaban J connectivity index is 1.68. The van der Waals surface area contributed by atoms with E-state index in [2.05, 4.69) is 41.0 Å². The lowest BCUT2D eigenvalue weighted by molar-refractivity contribution is 0.657. The Labute approximate surface area is 204 Å². The molecule has 0 bridgehead atoms. The Kier molecular flexibility index (Phi) is 6.14. The number of aromatic nitrogens is 4. The Morgan fingerprint density at radius 2 is 1.97 bits per heavy atom. The van der Waals surface area contributed by atoms with Crippen molar-refractivity contribution in [3.8, 4) is 5.69 Å². The second kappa shape index (κ2) is 9.54. The number of fused-ring (bicyclic) bond motifs is 2. The van der Waals surface area contributed by atoms with Gasteiger partial charge in [-0.1, -0.05) is 56.8 Å². The zero-order valence-electron chi connectivity index (χ0n) is 20.0. The van der Waals surface area contributed by atoms with Crippen LogP contribution >= 0.6 is 0 Å². The quantitative estimate of drug-likeness (QED) is 0.368. The molecule has 5 rings (SSSR count). The Bertz CT molecular complexity index is 1490. The number of allylic oxidation sites excluding steroid dienone is 1. The highest BCUT2D eigenvalue weighted by Crippen LogP contribution is 2.31. The summed E-state index contributed by atoms with van der Waals surface area (Å²) in [6.07, 6.45) is 7.70. The van der Waals surface area contributed by atoms with E-state index in [9.17, 15) is 4.79 Å². The van der Waals surface area contributed by atoms with Gasteiger partial charge < -0.3 is 10.6 Å². The van der Waals surface area contributed by atoms with Gasteiger partial charge in [0.1, 0.15) is 23.8 Å². The Hall–Kier alpha value is -4.26. The maximum Gasteiger partial charge on any atom is 0.266 e. The molecule has 0 amide bonds. The highest BCUT2D eigenvalue weighted by atomic mass is 16.1. The third-order valence-corrected chi connectivity index (χ3v) is 6.44. The molecular formula is C28H28N6O. The van der Waals surface area contributed by atoms with Crippen LogP contribution in [-0.2, 0) is 6.42 Å². The summed E-state index contributed by atoms with van der Waals surface area (Å²) in [7, 11) is 0. The van der Waals surface area contributed by atoms with Gasteiger partial charge in [0.2, 0.25) is 0 Å². The minimum absolute atomic E-state index is 0.116. The molecule has 0 spiro atoms. The van der Waals surface area contributed by atoms with E-state index in [1.165, 1.54) is 5.57 Å². The van der Waals surface area contributed by atoms with Crippen LogP contribution in [0.25, 0.3) is 22.7 Å². The average molecular weight is 465 g/mol. The van der Waals surface area contributed by atoms with Gasteiger partial charge in [0.25, 0.3) is 5.56 Å². The number of hydrogen-bond acceptors (Lipinski definition) is 6. The molecule has 2 aromatic heterocycles. The summed E-state index contributed by atoms with van der Waals surface area (Å²) >= 11 is 0. The molecule has 0 saturated heterocycles. The lowest BCUT2D eigenvalue weighted by Gasteiger charge is -2.25. The van der Waals surface area contributed by atoms with Crippen molar-refractivity contribution in [2.45, 2.75) is 39.2 Å². The van der Waals surface area contributed by atoms with Gasteiger partial charge in [0.15, 0.2) is 0 Å². The number of benzene rings is 2. The molecule has 1 aliphatic heterocycles. The van der Waals surface area contributed by atoms with Crippen molar-refractivity contribution in [1.29, 1.82) is 0 Å². The van der Waals surface area contributed by atoms with Crippen LogP contribution in [0.4, 0.5) is 11.6 Å². The van der Waals surface area contributed by atoms with E-state index >= 15 is 0 Å². The average Bonchev–Trinajstić information content (AvgIpc) is 2.91. The van der Waals surface area contributed by atoms with Crippen LogP contribution in [0.1, 0.15) is 49.7 Å². The van der Waals surface area contributed by atoms with Crippen molar-refractivity contribution in [2.24, 2.45) is 0 Å². The first kappa shape index (κ1) is 22.5. The monoisotopic (exact) mass is 464 g/mol. The van der Waals surface area contributed by atoms with Crippen LogP contribution in [0.5, 0.6) is 0 Å². The van der Waals surface area contributed by atoms with Crippen molar-refractivity contribution in [1.82, 2.24) is 19.5 Å². The SMILES string of the molecule is C=Cc1cccc2nc([C@H](CC)Nc3ncnc4c3CC(CC)=CN4)n(-c3ccccc3)c(=O)c12. The first-order valence-corrected chi connectivity index (χ1v) is 11.9. The minimum Gasteiger partial charge on any atom is -0.360 e. The topological polar surface area (TPSA) is 84.7 Å². The van der Waals surface area contributed by atoms with Gasteiger partial charge in [0, 0.05) is 18.2 Å². The van der Waals surface area contributed by atoms with Gasteiger partial charge in [-0.2, -0.15) is 0 Å². The number of rotatable bonds is 7. The maximum atomic E-state index is 13.9. The van der Waals surface area contributed by atoms with Crippen LogP contribution < -0.4 is 16.2 Å². The molecule has 4 aromatic rings. The van der Waals surface area contributed by atoms with E-state index in [0.717, 1.165) is 41.3 Å². The van der Waals surface area contributed by atoms with Crippen LogP contribution in [0, 0.1) is 0 Å². The lowest BCUT2D eigenvalue weighted by Crippen LogP contribution is -2.29. The van der Waals surface area contributed by atoms with Crippen LogP contribution in [0.2, 0.25) is 0 Å². The molecule has 0 aliphatic carbocycles. The zero-order valence-corrected chi connectivity index (χ0v) is 20.0. The smallest absolute Gasteiger partial charge is 0.266 e. The van der Waals surface area contributed by atoms with Crippen LogP contribution in [0.3, 0.4) is 0 Å². The molecular weight excluding hydrogens is 436 g/mol. The molecule has 2 aromatic carbocycles. The predicted molar refractivity (Wildman–Crippen MR) is 142 cm³/mol. The van der Waals surface area contributed by atoms with Gasteiger partial charge in [-0.25, -0.2) is 15.0 Å². The summed E-state index contributed by atoms with van der Waals surface area (Å²) in [6.45, 7) is 8.11. The molecule has 0 fully saturated rings. The number of para-hydroxylation sites is 1. The standard InChI is InChI=1S/C28H28N6O/c1-4-18-15-21-25(29-16-18)30-17-31-26(21)32-22(6-3)27-33-23-14-10-11-19(5-2)24(23)28(35)34(27)20-12-8-7-9-13-20/h5,7-14,16-17,22H,2,4,6,15H2,1,3H3,(H2,29,30,31,32)/t22-/m0/s1. The van der Waals surface area contributed by atoms with Crippen LogP contribution in [-0.4, -0.2) is 19.5 Å². The molecule has 1 atom stereocenters. The van der Waals surface area contributed by atoms with E-state index in [1.54, 1.807) is 17.0 Å². The number of nitrogens with zero attached hydrogens (tertiary/aromatic N) is 4. The fourth-order valence-electron chi connectivity index (χ4n) is 4.52. The van der Waals surface area contributed by atoms with Gasteiger partial charge in [0.05, 0.1) is 22.6 Å². The molecule has 0 saturated carbocycles. The molecule has 0 unspecified atom stereocenters. The molecule has 0 radical (unpaired) electrons. The summed E-state index contributed by atoms with van der Waals surface area (Å²) in [5.41, 5.74) is 4.38. The second-order valence-electron chi connectivity index (χ2n) is 8.52. The van der Waals surface area contributed by atoms with Crippen molar-refractivity contribution in [2.75, 3.05) is 10.6 Å². The zero-order chi connectivity index (χ0) is 24.4. The first-order valence-electron chi connectivity index (χ1n) is 11.9. The number of hydrogen-bond donors (Lipinski definition) is 2. The van der Waals surface area contributed by atoms with Crippen LogP contribution in [0.15, 0.2) is 78.0 Å². The fourth-order valence-corrected chi connectivity index (χ4v) is 4.52.